The minimum Gasteiger partial charge on any atom is -0.497 e. The molecule has 2 aromatic carbocycles. The van der Waals surface area contributed by atoms with Crippen molar-refractivity contribution in [3.8, 4) is 5.75 Å². The van der Waals surface area contributed by atoms with Crippen molar-refractivity contribution < 1.29 is 19.7 Å². The summed E-state index contributed by atoms with van der Waals surface area (Å²) in [6.45, 7) is 5.36. The number of anilines is 1. The highest BCUT2D eigenvalue weighted by Crippen LogP contribution is 2.66. The number of nitrogens with zero attached hydrogens (tertiary/aromatic N) is 1. The molecule has 6 heteroatoms. The molecule has 4 aliphatic rings. The van der Waals surface area contributed by atoms with Crippen molar-refractivity contribution in [2.75, 3.05) is 19.0 Å². The molecule has 0 spiro atoms. The van der Waals surface area contributed by atoms with E-state index in [1.54, 1.807) is 12.0 Å². The van der Waals surface area contributed by atoms with Crippen molar-refractivity contribution >= 4 is 11.7 Å². The molecule has 6 rings (SSSR count). The maximum absolute atomic E-state index is 13.8. The zero-order chi connectivity index (χ0) is 28.8. The highest BCUT2D eigenvalue weighted by atomic mass is 16.5. The minimum atomic E-state index is -0.997. The zero-order valence-electron chi connectivity index (χ0n) is 24.6. The second-order valence-corrected chi connectivity index (χ2v) is 13.3. The molecule has 4 aliphatic carbocycles. The van der Waals surface area contributed by atoms with E-state index in [4.69, 9.17) is 4.74 Å². The number of urea groups is 1. The van der Waals surface area contributed by atoms with Crippen LogP contribution in [0.4, 0.5) is 10.5 Å². The molecule has 41 heavy (non-hydrogen) atoms. The van der Waals surface area contributed by atoms with Gasteiger partial charge in [-0.3, -0.25) is 0 Å². The third kappa shape index (κ3) is 4.89. The molecule has 2 aromatic rings. The van der Waals surface area contributed by atoms with Crippen molar-refractivity contribution in [1.29, 1.82) is 0 Å². The Bertz CT molecular complexity index is 1340. The number of carbonyl (C=O) groups excluding carboxylic acids is 1. The van der Waals surface area contributed by atoms with E-state index in [1.165, 1.54) is 11.1 Å². The third-order valence-corrected chi connectivity index (χ3v) is 11.2. The van der Waals surface area contributed by atoms with Gasteiger partial charge >= 0.3 is 6.03 Å². The lowest BCUT2D eigenvalue weighted by molar-refractivity contribution is -0.0967. The first kappa shape index (κ1) is 28.0. The van der Waals surface area contributed by atoms with Gasteiger partial charge in [0, 0.05) is 17.6 Å². The number of fused-ring (bicyclic) bond motifs is 5. The molecule has 0 unspecified atom stereocenters. The monoisotopic (exact) mass is 556 g/mol. The Hall–Kier alpha value is -3.09. The predicted octanol–water partition coefficient (Wildman–Crippen LogP) is 6.70. The van der Waals surface area contributed by atoms with Crippen molar-refractivity contribution in [3.63, 3.8) is 0 Å². The fourth-order valence-corrected chi connectivity index (χ4v) is 8.55. The summed E-state index contributed by atoms with van der Waals surface area (Å²) in [6, 6.07) is 17.1. The summed E-state index contributed by atoms with van der Waals surface area (Å²) in [5, 5.41) is 25.9. The van der Waals surface area contributed by atoms with Gasteiger partial charge in [0.15, 0.2) is 0 Å². The number of hydrogen-bond acceptors (Lipinski definition) is 4. The van der Waals surface area contributed by atoms with E-state index in [0.29, 0.717) is 24.6 Å². The molecule has 218 valence electrons. The van der Waals surface area contributed by atoms with E-state index < -0.39 is 5.60 Å². The highest BCUT2D eigenvalue weighted by molar-refractivity contribution is 5.89. The van der Waals surface area contributed by atoms with Gasteiger partial charge in [-0.05, 0) is 92.0 Å². The Balaban J connectivity index is 1.26. The van der Waals surface area contributed by atoms with Gasteiger partial charge in [0.25, 0.3) is 0 Å². The van der Waals surface area contributed by atoms with Crippen molar-refractivity contribution in [2.24, 2.45) is 22.7 Å². The lowest BCUT2D eigenvalue weighted by atomic mass is 9.50. The van der Waals surface area contributed by atoms with Crippen LogP contribution in [0.3, 0.4) is 0 Å². The van der Waals surface area contributed by atoms with Crippen LogP contribution in [0.15, 0.2) is 77.9 Å². The number of nitrogens with one attached hydrogen (secondary N) is 1. The average Bonchev–Trinajstić information content (AvgIpc) is 3.24. The Kier molecular flexibility index (Phi) is 7.27. The van der Waals surface area contributed by atoms with E-state index in [1.807, 2.05) is 54.6 Å². The van der Waals surface area contributed by atoms with Gasteiger partial charge in [0.1, 0.15) is 5.75 Å². The van der Waals surface area contributed by atoms with Crippen LogP contribution in [-0.4, -0.2) is 46.5 Å². The van der Waals surface area contributed by atoms with Gasteiger partial charge in [-0.15, -0.1) is 0 Å². The first-order valence-corrected chi connectivity index (χ1v) is 15.2. The van der Waals surface area contributed by atoms with Crippen LogP contribution in [0.1, 0.15) is 64.4 Å². The molecule has 0 saturated heterocycles. The number of methoxy groups -OCH3 is 1. The summed E-state index contributed by atoms with van der Waals surface area (Å²) in [4.78, 5) is 15.5. The van der Waals surface area contributed by atoms with Crippen LogP contribution in [0.5, 0.6) is 5.75 Å². The molecule has 0 aliphatic heterocycles. The maximum Gasteiger partial charge on any atom is 0.322 e. The normalized spacial score (nSPS) is 33.9. The van der Waals surface area contributed by atoms with Crippen LogP contribution in [0, 0.1) is 22.7 Å². The van der Waals surface area contributed by atoms with Crippen LogP contribution >= 0.6 is 0 Å². The Morgan fingerprint density at radius 2 is 1.71 bits per heavy atom. The van der Waals surface area contributed by atoms with Gasteiger partial charge in [0.05, 0.1) is 25.4 Å². The van der Waals surface area contributed by atoms with Gasteiger partial charge < -0.3 is 25.2 Å². The van der Waals surface area contributed by atoms with Crippen LogP contribution < -0.4 is 10.1 Å². The van der Waals surface area contributed by atoms with Crippen molar-refractivity contribution in [3.05, 3.63) is 83.5 Å². The number of hydrogen-bond donors (Lipinski definition) is 3. The largest absolute Gasteiger partial charge is 0.497 e. The summed E-state index contributed by atoms with van der Waals surface area (Å²) in [6.07, 6.45) is 10.6. The summed E-state index contributed by atoms with van der Waals surface area (Å²) in [5.74, 6) is 1.49. The fourth-order valence-electron chi connectivity index (χ4n) is 8.55. The molecule has 2 amide bonds. The standard InChI is InChI=1S/C35H44N2O4/c1-33-18-15-27(38)21-25(33)9-14-29-30(33)16-19-34(2)31(29)17-20-35(34,40)23-37(22-24-7-5-4-6-8-24)32(39)36-26-10-12-28(41-3)13-11-26/h4-14,27,30-31,38,40H,15-23H2,1-3H3,(H,36,39)/t27-,30-,31-,33-,34-,35+/m0/s1. The van der Waals surface area contributed by atoms with Crippen LogP contribution in [-0.2, 0) is 6.54 Å². The average molecular weight is 557 g/mol. The van der Waals surface area contributed by atoms with Gasteiger partial charge in [-0.1, -0.05) is 67.5 Å². The lowest BCUT2D eigenvalue weighted by Gasteiger charge is -2.56. The highest BCUT2D eigenvalue weighted by Gasteiger charge is 2.62. The predicted molar refractivity (Wildman–Crippen MR) is 162 cm³/mol. The number of benzene rings is 2. The van der Waals surface area contributed by atoms with Crippen molar-refractivity contribution in [2.45, 2.75) is 77.0 Å². The molecule has 0 aromatic heterocycles. The number of carbonyl (C=O) groups is 1. The molecule has 0 radical (unpaired) electrons. The second-order valence-electron chi connectivity index (χ2n) is 13.3. The topological polar surface area (TPSA) is 82.0 Å². The Morgan fingerprint density at radius 1 is 0.976 bits per heavy atom. The lowest BCUT2D eigenvalue weighted by Crippen LogP contribution is -2.57. The smallest absolute Gasteiger partial charge is 0.322 e. The number of allylic oxidation sites excluding steroid dienone is 3. The van der Waals surface area contributed by atoms with Crippen molar-refractivity contribution in [1.82, 2.24) is 4.90 Å². The van der Waals surface area contributed by atoms with E-state index in [0.717, 1.165) is 49.8 Å². The molecular weight excluding hydrogens is 512 g/mol. The molecule has 0 bridgehead atoms. The SMILES string of the molecule is COc1ccc(NC(=O)N(Cc2ccccc2)C[C@]2(O)CC[C@H]3C4=CC=C5C[C@@H](O)CC[C@]5(C)[C@H]4CC[C@@]32C)cc1. The Morgan fingerprint density at radius 3 is 2.44 bits per heavy atom. The van der Waals surface area contributed by atoms with E-state index in [2.05, 4.69) is 31.3 Å². The molecule has 3 fully saturated rings. The number of ether oxygens (including phenoxy) is 1. The zero-order valence-corrected chi connectivity index (χ0v) is 24.6. The quantitative estimate of drug-likeness (QED) is 0.370. The van der Waals surface area contributed by atoms with E-state index in [9.17, 15) is 15.0 Å². The molecule has 3 saturated carbocycles. The van der Waals surface area contributed by atoms with Gasteiger partial charge in [0.2, 0.25) is 0 Å². The van der Waals surface area contributed by atoms with Crippen LogP contribution in [0.25, 0.3) is 0 Å². The molecule has 3 N–H and O–H groups in total. The van der Waals surface area contributed by atoms with Crippen LogP contribution in [0.2, 0.25) is 0 Å². The Labute approximate surface area is 244 Å². The van der Waals surface area contributed by atoms with E-state index in [-0.39, 0.29) is 35.4 Å². The summed E-state index contributed by atoms with van der Waals surface area (Å²) in [5.41, 5.74) is 3.38. The van der Waals surface area contributed by atoms with Gasteiger partial charge in [-0.2, -0.15) is 0 Å². The molecule has 6 nitrogen and oxygen atoms in total. The maximum atomic E-state index is 13.8. The van der Waals surface area contributed by atoms with E-state index >= 15 is 0 Å². The third-order valence-electron chi connectivity index (χ3n) is 11.2. The summed E-state index contributed by atoms with van der Waals surface area (Å²) < 4.78 is 5.27. The van der Waals surface area contributed by atoms with Gasteiger partial charge in [-0.25, -0.2) is 4.79 Å². The molecular formula is C35H44N2O4. The molecule has 6 atom stereocenters. The fraction of sp³-hybridized carbons (Fsp3) is 0.514. The molecule has 0 heterocycles. The number of amides is 2. The summed E-state index contributed by atoms with van der Waals surface area (Å²) in [7, 11) is 1.62. The first-order valence-electron chi connectivity index (χ1n) is 15.2. The second kappa shape index (κ2) is 10.6. The number of rotatable bonds is 6. The number of aliphatic hydroxyl groups excluding tert-OH is 1. The minimum absolute atomic E-state index is 0.100. The first-order chi connectivity index (χ1) is 19.6. The number of aliphatic hydroxyl groups is 2. The summed E-state index contributed by atoms with van der Waals surface area (Å²) >= 11 is 0.